The van der Waals surface area contributed by atoms with Gasteiger partial charge in [-0.25, -0.2) is 9.18 Å². The highest BCUT2D eigenvalue weighted by molar-refractivity contribution is 6.35. The number of carboxylic acid groups (broad SMARTS) is 1. The van der Waals surface area contributed by atoms with Gasteiger partial charge < -0.3 is 15.2 Å². The Kier molecular flexibility index (Phi) is 4.83. The molecule has 1 heterocycles. The van der Waals surface area contributed by atoms with Gasteiger partial charge in [-0.1, -0.05) is 23.2 Å². The molecule has 0 aromatic heterocycles. The maximum atomic E-state index is 14.0. The number of benzene rings is 2. The van der Waals surface area contributed by atoms with Crippen LogP contribution in [-0.4, -0.2) is 23.8 Å². The summed E-state index contributed by atoms with van der Waals surface area (Å²) in [5.41, 5.74) is 1.89. The van der Waals surface area contributed by atoms with Crippen LogP contribution in [0.3, 0.4) is 0 Å². The molecule has 0 saturated heterocycles. The third-order valence-electron chi connectivity index (χ3n) is 3.82. The summed E-state index contributed by atoms with van der Waals surface area (Å²) in [6.07, 6.45) is -0.293. The van der Waals surface area contributed by atoms with E-state index in [1.165, 1.54) is 12.1 Å². The number of hydrogen-bond donors (Lipinski definition) is 2. The first-order valence-electron chi connectivity index (χ1n) is 7.35. The van der Waals surface area contributed by atoms with Crippen LogP contribution in [0.5, 0.6) is 5.75 Å². The third kappa shape index (κ3) is 3.57. The largest absolute Gasteiger partial charge is 0.489 e. The van der Waals surface area contributed by atoms with Crippen LogP contribution in [0.25, 0.3) is 11.1 Å². The minimum absolute atomic E-state index is 0.217. The van der Waals surface area contributed by atoms with E-state index in [0.717, 1.165) is 5.56 Å². The molecular formula is C17H14Cl2FNO3. The molecule has 3 rings (SSSR count). The molecule has 2 aromatic carbocycles. The molecule has 0 radical (unpaired) electrons. The highest BCUT2D eigenvalue weighted by Crippen LogP contribution is 2.43. The van der Waals surface area contributed by atoms with Crippen molar-refractivity contribution in [3.05, 3.63) is 51.8 Å². The molecule has 0 spiro atoms. The molecule has 4 nitrogen and oxygen atoms in total. The molecule has 1 unspecified atom stereocenters. The molecule has 1 amide bonds. The molecule has 0 aliphatic carbocycles. The quantitative estimate of drug-likeness (QED) is 0.816. The number of ether oxygens (including phenoxy) is 1. The Morgan fingerprint density at radius 2 is 2.08 bits per heavy atom. The molecule has 0 bridgehead atoms. The van der Waals surface area contributed by atoms with Crippen molar-refractivity contribution < 1.29 is 19.0 Å². The van der Waals surface area contributed by atoms with Gasteiger partial charge in [0.25, 0.3) is 0 Å². The number of nitrogens with one attached hydrogen (secondary N) is 1. The number of halogens is 3. The zero-order valence-electron chi connectivity index (χ0n) is 12.5. The van der Waals surface area contributed by atoms with Gasteiger partial charge >= 0.3 is 6.09 Å². The van der Waals surface area contributed by atoms with Crippen molar-refractivity contribution in [2.75, 3.05) is 6.54 Å². The standard InChI is InChI=1S/C17H14Cl2FNO3/c18-10-1-2-15(19)13(7-10)14-8-11(20)5-9-6-12(24-16(9)14)3-4-21-17(22)23/h1-2,5,7-8,12,21H,3-4,6H2,(H,22,23). The Bertz CT molecular complexity index is 798. The third-order valence-corrected chi connectivity index (χ3v) is 4.39. The molecule has 0 saturated carbocycles. The predicted octanol–water partition coefficient (Wildman–Crippen LogP) is 4.76. The van der Waals surface area contributed by atoms with E-state index < -0.39 is 6.09 Å². The van der Waals surface area contributed by atoms with E-state index in [4.69, 9.17) is 33.0 Å². The molecule has 1 aliphatic heterocycles. The van der Waals surface area contributed by atoms with Gasteiger partial charge in [0.05, 0.1) is 0 Å². The average molecular weight is 370 g/mol. The normalized spacial score (nSPS) is 15.7. The van der Waals surface area contributed by atoms with Gasteiger partial charge in [0, 0.05) is 46.1 Å². The molecular weight excluding hydrogens is 356 g/mol. The summed E-state index contributed by atoms with van der Waals surface area (Å²) in [5.74, 6) is 0.189. The molecule has 7 heteroatoms. The minimum atomic E-state index is -1.08. The fourth-order valence-electron chi connectivity index (χ4n) is 2.80. The first-order chi connectivity index (χ1) is 11.4. The molecule has 2 aromatic rings. The lowest BCUT2D eigenvalue weighted by Crippen LogP contribution is -2.26. The van der Waals surface area contributed by atoms with E-state index in [1.54, 1.807) is 18.2 Å². The van der Waals surface area contributed by atoms with Crippen LogP contribution in [0, 0.1) is 5.82 Å². The zero-order valence-corrected chi connectivity index (χ0v) is 14.0. The van der Waals surface area contributed by atoms with E-state index in [2.05, 4.69) is 5.32 Å². The fraction of sp³-hybridized carbons (Fsp3) is 0.235. The van der Waals surface area contributed by atoms with E-state index in [1.807, 2.05) is 0 Å². The summed E-state index contributed by atoms with van der Waals surface area (Å²) in [5, 5.41) is 11.9. The Balaban J connectivity index is 1.90. The van der Waals surface area contributed by atoms with Crippen LogP contribution in [0.4, 0.5) is 9.18 Å². The lowest BCUT2D eigenvalue weighted by Gasteiger charge is -2.13. The number of amides is 1. The average Bonchev–Trinajstić information content (AvgIpc) is 2.91. The maximum absolute atomic E-state index is 14.0. The number of carbonyl (C=O) groups is 1. The van der Waals surface area contributed by atoms with Gasteiger partial charge in [0.1, 0.15) is 17.7 Å². The Labute approximate surface area is 148 Å². The topological polar surface area (TPSA) is 58.6 Å². The van der Waals surface area contributed by atoms with E-state index >= 15 is 0 Å². The van der Waals surface area contributed by atoms with Crippen molar-refractivity contribution in [1.82, 2.24) is 5.32 Å². The second kappa shape index (κ2) is 6.87. The highest BCUT2D eigenvalue weighted by atomic mass is 35.5. The van der Waals surface area contributed by atoms with Gasteiger partial charge in [-0.2, -0.15) is 0 Å². The molecule has 1 atom stereocenters. The zero-order chi connectivity index (χ0) is 17.3. The second-order valence-electron chi connectivity index (χ2n) is 5.53. The van der Waals surface area contributed by atoms with E-state index in [9.17, 15) is 9.18 Å². The summed E-state index contributed by atoms with van der Waals surface area (Å²) < 4.78 is 19.9. The monoisotopic (exact) mass is 369 g/mol. The van der Waals surface area contributed by atoms with Crippen molar-refractivity contribution in [3.63, 3.8) is 0 Å². The first-order valence-corrected chi connectivity index (χ1v) is 8.11. The van der Waals surface area contributed by atoms with E-state index in [-0.39, 0.29) is 18.5 Å². The first kappa shape index (κ1) is 16.9. The van der Waals surface area contributed by atoms with Crippen LogP contribution in [-0.2, 0) is 6.42 Å². The van der Waals surface area contributed by atoms with E-state index in [0.29, 0.717) is 39.8 Å². The predicted molar refractivity (Wildman–Crippen MR) is 90.6 cm³/mol. The smallest absolute Gasteiger partial charge is 0.404 e. The lowest BCUT2D eigenvalue weighted by atomic mass is 10.00. The van der Waals surface area contributed by atoms with Crippen LogP contribution >= 0.6 is 23.2 Å². The fourth-order valence-corrected chi connectivity index (χ4v) is 3.19. The summed E-state index contributed by atoms with van der Waals surface area (Å²) in [7, 11) is 0. The Morgan fingerprint density at radius 3 is 2.83 bits per heavy atom. The van der Waals surface area contributed by atoms with Gasteiger partial charge in [0.15, 0.2) is 0 Å². The molecule has 24 heavy (non-hydrogen) atoms. The van der Waals surface area contributed by atoms with Crippen molar-refractivity contribution in [3.8, 4) is 16.9 Å². The SMILES string of the molecule is O=C(O)NCCC1Cc2cc(F)cc(-c3cc(Cl)ccc3Cl)c2O1. The van der Waals surface area contributed by atoms with Crippen LogP contribution in [0.2, 0.25) is 10.0 Å². The van der Waals surface area contributed by atoms with Gasteiger partial charge in [-0.05, 0) is 30.3 Å². The summed E-state index contributed by atoms with van der Waals surface area (Å²) in [6, 6.07) is 7.78. The van der Waals surface area contributed by atoms with Crippen molar-refractivity contribution in [1.29, 1.82) is 0 Å². The summed E-state index contributed by atoms with van der Waals surface area (Å²) in [6.45, 7) is 0.268. The van der Waals surface area contributed by atoms with Crippen LogP contribution in [0.1, 0.15) is 12.0 Å². The Hall–Kier alpha value is -1.98. The number of hydrogen-bond acceptors (Lipinski definition) is 2. The van der Waals surface area contributed by atoms with Crippen LogP contribution in [0.15, 0.2) is 30.3 Å². The number of rotatable bonds is 4. The van der Waals surface area contributed by atoms with Crippen molar-refractivity contribution >= 4 is 29.3 Å². The minimum Gasteiger partial charge on any atom is -0.489 e. The van der Waals surface area contributed by atoms with Gasteiger partial charge in [-0.15, -0.1) is 0 Å². The van der Waals surface area contributed by atoms with Gasteiger partial charge in [-0.3, -0.25) is 0 Å². The summed E-state index contributed by atoms with van der Waals surface area (Å²) >= 11 is 12.3. The molecule has 2 N–H and O–H groups in total. The van der Waals surface area contributed by atoms with Crippen LogP contribution < -0.4 is 10.1 Å². The van der Waals surface area contributed by atoms with Gasteiger partial charge in [0.2, 0.25) is 0 Å². The number of fused-ring (bicyclic) bond motifs is 1. The van der Waals surface area contributed by atoms with Crippen molar-refractivity contribution in [2.24, 2.45) is 0 Å². The highest BCUT2D eigenvalue weighted by Gasteiger charge is 2.27. The maximum Gasteiger partial charge on any atom is 0.404 e. The molecule has 126 valence electrons. The second-order valence-corrected chi connectivity index (χ2v) is 6.37. The molecule has 0 fully saturated rings. The Morgan fingerprint density at radius 1 is 1.29 bits per heavy atom. The molecule has 1 aliphatic rings. The lowest BCUT2D eigenvalue weighted by molar-refractivity contribution is 0.188. The van der Waals surface area contributed by atoms with Crippen molar-refractivity contribution in [2.45, 2.75) is 18.9 Å². The summed E-state index contributed by atoms with van der Waals surface area (Å²) in [4.78, 5) is 10.5.